The molecule has 1 aliphatic rings. The first-order valence-corrected chi connectivity index (χ1v) is 9.28. The van der Waals surface area contributed by atoms with Crippen LogP contribution in [0.5, 0.6) is 5.75 Å². The van der Waals surface area contributed by atoms with Gasteiger partial charge < -0.3 is 18.8 Å². The van der Waals surface area contributed by atoms with Gasteiger partial charge in [0.05, 0.1) is 31.3 Å². The molecular formula is C21H23N3O4. The van der Waals surface area contributed by atoms with Crippen molar-refractivity contribution in [2.75, 3.05) is 20.2 Å². The van der Waals surface area contributed by atoms with E-state index in [1.54, 1.807) is 30.2 Å². The SMILES string of the molecule is COc1ccc(-n2nc(-c3ccco3)cc2C(=O)N2CC(C)OC(C)C2)cc1. The van der Waals surface area contributed by atoms with Crippen LogP contribution in [0.25, 0.3) is 17.1 Å². The second-order valence-electron chi connectivity index (χ2n) is 6.97. The van der Waals surface area contributed by atoms with E-state index in [0.717, 1.165) is 11.4 Å². The molecule has 4 rings (SSSR count). The lowest BCUT2D eigenvalue weighted by atomic mass is 10.2. The summed E-state index contributed by atoms with van der Waals surface area (Å²) in [6, 6.07) is 12.8. The minimum absolute atomic E-state index is 0.00500. The molecule has 1 aliphatic heterocycles. The van der Waals surface area contributed by atoms with Gasteiger partial charge in [-0.3, -0.25) is 4.79 Å². The largest absolute Gasteiger partial charge is 0.497 e. The maximum atomic E-state index is 13.3. The topological polar surface area (TPSA) is 69.7 Å². The van der Waals surface area contributed by atoms with E-state index in [4.69, 9.17) is 13.9 Å². The Balaban J connectivity index is 1.74. The second kappa shape index (κ2) is 7.52. The van der Waals surface area contributed by atoms with E-state index in [9.17, 15) is 4.79 Å². The number of hydrogen-bond donors (Lipinski definition) is 0. The van der Waals surface area contributed by atoms with E-state index in [-0.39, 0.29) is 18.1 Å². The van der Waals surface area contributed by atoms with Gasteiger partial charge in [0.1, 0.15) is 17.1 Å². The Kier molecular flexibility index (Phi) is 4.92. The summed E-state index contributed by atoms with van der Waals surface area (Å²) in [5, 5.41) is 4.64. The second-order valence-corrected chi connectivity index (χ2v) is 6.97. The van der Waals surface area contributed by atoms with Gasteiger partial charge in [-0.25, -0.2) is 4.68 Å². The van der Waals surface area contributed by atoms with Crippen LogP contribution in [-0.4, -0.2) is 53.0 Å². The van der Waals surface area contributed by atoms with Crippen LogP contribution in [0, 0.1) is 0 Å². The molecule has 0 N–H and O–H groups in total. The molecule has 2 unspecified atom stereocenters. The molecule has 3 heterocycles. The minimum Gasteiger partial charge on any atom is -0.497 e. The summed E-state index contributed by atoms with van der Waals surface area (Å²) in [4.78, 5) is 15.2. The number of amides is 1. The fourth-order valence-corrected chi connectivity index (χ4v) is 3.50. The van der Waals surface area contributed by atoms with Crippen LogP contribution in [0.1, 0.15) is 24.3 Å². The summed E-state index contributed by atoms with van der Waals surface area (Å²) in [5.74, 6) is 1.28. The third kappa shape index (κ3) is 3.53. The quantitative estimate of drug-likeness (QED) is 0.693. The lowest BCUT2D eigenvalue weighted by molar-refractivity contribution is -0.0588. The molecule has 1 fully saturated rings. The average molecular weight is 381 g/mol. The van der Waals surface area contributed by atoms with Crippen molar-refractivity contribution < 1.29 is 18.7 Å². The number of benzene rings is 1. The Hall–Kier alpha value is -3.06. The predicted octanol–water partition coefficient (Wildman–Crippen LogP) is 3.39. The monoisotopic (exact) mass is 381 g/mol. The molecule has 0 aliphatic carbocycles. The van der Waals surface area contributed by atoms with Gasteiger partial charge in [0, 0.05) is 19.2 Å². The summed E-state index contributed by atoms with van der Waals surface area (Å²) < 4.78 is 18.1. The van der Waals surface area contributed by atoms with Crippen molar-refractivity contribution in [3.8, 4) is 22.9 Å². The first kappa shape index (κ1) is 18.3. The lowest BCUT2D eigenvalue weighted by Gasteiger charge is -2.35. The van der Waals surface area contributed by atoms with Gasteiger partial charge in [0.2, 0.25) is 0 Å². The summed E-state index contributed by atoms with van der Waals surface area (Å²) in [7, 11) is 1.62. The normalized spacial score (nSPS) is 19.6. The van der Waals surface area contributed by atoms with E-state index < -0.39 is 0 Å². The molecule has 2 aromatic heterocycles. The van der Waals surface area contributed by atoms with Gasteiger partial charge >= 0.3 is 0 Å². The summed E-state index contributed by atoms with van der Waals surface area (Å²) in [6.07, 6.45) is 1.58. The number of carbonyl (C=O) groups is 1. The van der Waals surface area contributed by atoms with Crippen LogP contribution in [-0.2, 0) is 4.74 Å². The fourth-order valence-electron chi connectivity index (χ4n) is 3.50. The lowest BCUT2D eigenvalue weighted by Crippen LogP contribution is -2.48. The zero-order chi connectivity index (χ0) is 19.7. The maximum absolute atomic E-state index is 13.3. The van der Waals surface area contributed by atoms with Crippen LogP contribution in [0.2, 0.25) is 0 Å². The molecule has 0 spiro atoms. The summed E-state index contributed by atoms with van der Waals surface area (Å²) >= 11 is 0. The molecule has 0 radical (unpaired) electrons. The van der Waals surface area contributed by atoms with Crippen LogP contribution in [0.4, 0.5) is 0 Å². The van der Waals surface area contributed by atoms with Crippen LogP contribution >= 0.6 is 0 Å². The van der Waals surface area contributed by atoms with E-state index in [1.165, 1.54) is 0 Å². The van der Waals surface area contributed by atoms with Crippen LogP contribution in [0.15, 0.2) is 53.1 Å². The van der Waals surface area contributed by atoms with Crippen LogP contribution in [0.3, 0.4) is 0 Å². The van der Waals surface area contributed by atoms with Crippen molar-refractivity contribution in [3.63, 3.8) is 0 Å². The van der Waals surface area contributed by atoms with E-state index in [2.05, 4.69) is 5.10 Å². The highest BCUT2D eigenvalue weighted by Gasteiger charge is 2.29. The van der Waals surface area contributed by atoms with Gasteiger partial charge in [0.25, 0.3) is 5.91 Å². The number of methoxy groups -OCH3 is 1. The Bertz CT molecular complexity index is 937. The van der Waals surface area contributed by atoms with Gasteiger partial charge in [-0.05, 0) is 50.2 Å². The fraction of sp³-hybridized carbons (Fsp3) is 0.333. The number of morpholine rings is 1. The van der Waals surface area contributed by atoms with Crippen molar-refractivity contribution in [1.29, 1.82) is 0 Å². The molecule has 2 atom stereocenters. The average Bonchev–Trinajstić information content (AvgIpc) is 3.36. The Morgan fingerprint density at radius 3 is 2.46 bits per heavy atom. The molecule has 1 amide bonds. The molecule has 1 aromatic carbocycles. The number of carbonyl (C=O) groups excluding carboxylic acids is 1. The Labute approximate surface area is 163 Å². The maximum Gasteiger partial charge on any atom is 0.272 e. The summed E-state index contributed by atoms with van der Waals surface area (Å²) in [6.45, 7) is 5.05. The molecular weight excluding hydrogens is 358 g/mol. The Morgan fingerprint density at radius 1 is 1.14 bits per heavy atom. The van der Waals surface area contributed by atoms with Crippen molar-refractivity contribution in [1.82, 2.24) is 14.7 Å². The molecule has 7 nitrogen and oxygen atoms in total. The van der Waals surface area contributed by atoms with E-state index in [1.807, 2.05) is 49.1 Å². The Morgan fingerprint density at radius 2 is 1.86 bits per heavy atom. The number of aromatic nitrogens is 2. The smallest absolute Gasteiger partial charge is 0.272 e. The zero-order valence-corrected chi connectivity index (χ0v) is 16.2. The minimum atomic E-state index is -0.0804. The predicted molar refractivity (Wildman–Crippen MR) is 104 cm³/mol. The molecule has 0 saturated carbocycles. The third-order valence-corrected chi connectivity index (χ3v) is 4.73. The van der Waals surface area contributed by atoms with Crippen molar-refractivity contribution >= 4 is 5.91 Å². The highest BCUT2D eigenvalue weighted by Crippen LogP contribution is 2.25. The highest BCUT2D eigenvalue weighted by atomic mass is 16.5. The van der Waals surface area contributed by atoms with Gasteiger partial charge in [-0.2, -0.15) is 5.10 Å². The molecule has 3 aromatic rings. The van der Waals surface area contributed by atoms with E-state index >= 15 is 0 Å². The first-order valence-electron chi connectivity index (χ1n) is 9.28. The molecule has 1 saturated heterocycles. The van der Waals surface area contributed by atoms with Gasteiger partial charge in [-0.15, -0.1) is 0 Å². The number of ether oxygens (including phenoxy) is 2. The van der Waals surface area contributed by atoms with Gasteiger partial charge in [0.15, 0.2) is 5.76 Å². The number of furan rings is 1. The van der Waals surface area contributed by atoms with Crippen molar-refractivity contribution in [3.05, 3.63) is 54.4 Å². The zero-order valence-electron chi connectivity index (χ0n) is 16.2. The van der Waals surface area contributed by atoms with Crippen molar-refractivity contribution in [2.45, 2.75) is 26.1 Å². The molecule has 0 bridgehead atoms. The van der Waals surface area contributed by atoms with Gasteiger partial charge in [-0.1, -0.05) is 0 Å². The number of nitrogens with zero attached hydrogens (tertiary/aromatic N) is 3. The molecule has 28 heavy (non-hydrogen) atoms. The van der Waals surface area contributed by atoms with Crippen molar-refractivity contribution in [2.24, 2.45) is 0 Å². The number of hydrogen-bond acceptors (Lipinski definition) is 5. The third-order valence-electron chi connectivity index (χ3n) is 4.73. The molecule has 7 heteroatoms. The number of rotatable bonds is 4. The van der Waals surface area contributed by atoms with E-state index in [0.29, 0.717) is 30.2 Å². The molecule has 146 valence electrons. The highest BCUT2D eigenvalue weighted by molar-refractivity contribution is 5.94. The first-order chi connectivity index (χ1) is 13.5. The summed E-state index contributed by atoms with van der Waals surface area (Å²) in [5.41, 5.74) is 1.87. The standard InChI is InChI=1S/C21H23N3O4/c1-14-12-23(13-15(2)28-14)21(25)19-11-18(20-5-4-10-27-20)22-24(19)16-6-8-17(26-3)9-7-16/h4-11,14-15H,12-13H2,1-3H3. The van der Waals surface area contributed by atoms with Crippen LogP contribution < -0.4 is 4.74 Å².